The van der Waals surface area contributed by atoms with Crippen molar-refractivity contribution in [2.75, 3.05) is 0 Å². The first-order valence-corrected chi connectivity index (χ1v) is 7.42. The number of nitrogens with zero attached hydrogens (tertiary/aromatic N) is 3. The molecular formula is C15H26N4O. The molecule has 1 N–H and O–H groups in total. The van der Waals surface area contributed by atoms with Crippen LogP contribution in [0.15, 0.2) is 6.20 Å². The predicted molar refractivity (Wildman–Crippen MR) is 79.4 cm³/mol. The van der Waals surface area contributed by atoms with Crippen molar-refractivity contribution >= 4 is 5.91 Å². The molecule has 112 valence electrons. The zero-order valence-electron chi connectivity index (χ0n) is 13.3. The number of carbonyl (C=O) groups excluding carboxylic acids is 1. The van der Waals surface area contributed by atoms with Gasteiger partial charge in [-0.05, 0) is 41.5 Å². The highest BCUT2D eigenvalue weighted by Gasteiger charge is 2.35. The molecule has 1 aromatic heterocycles. The van der Waals surface area contributed by atoms with Gasteiger partial charge in [-0.3, -0.25) is 14.4 Å². The second-order valence-electron chi connectivity index (χ2n) is 6.20. The molecular weight excluding hydrogens is 252 g/mol. The Balaban J connectivity index is 2.21. The lowest BCUT2D eigenvalue weighted by Crippen LogP contribution is -2.62. The van der Waals surface area contributed by atoms with Gasteiger partial charge in [-0.15, -0.1) is 0 Å². The summed E-state index contributed by atoms with van der Waals surface area (Å²) >= 11 is 0. The van der Waals surface area contributed by atoms with Crippen LogP contribution < -0.4 is 5.32 Å². The number of hydrogen-bond donors (Lipinski definition) is 1. The van der Waals surface area contributed by atoms with Crippen molar-refractivity contribution in [3.63, 3.8) is 0 Å². The maximum absolute atomic E-state index is 12.0. The van der Waals surface area contributed by atoms with Crippen LogP contribution >= 0.6 is 0 Å². The minimum atomic E-state index is -0.0944. The van der Waals surface area contributed by atoms with Crippen molar-refractivity contribution in [1.29, 1.82) is 0 Å². The lowest BCUT2D eigenvalue weighted by molar-refractivity contribution is -0.132. The summed E-state index contributed by atoms with van der Waals surface area (Å²) in [6.07, 6.45) is 2.11. The van der Waals surface area contributed by atoms with Gasteiger partial charge in [-0.1, -0.05) is 0 Å². The lowest BCUT2D eigenvalue weighted by atomic mass is 10.0. The van der Waals surface area contributed by atoms with E-state index < -0.39 is 0 Å². The predicted octanol–water partition coefficient (Wildman–Crippen LogP) is 1.87. The molecule has 1 aromatic rings. The Morgan fingerprint density at radius 3 is 2.55 bits per heavy atom. The molecule has 0 bridgehead atoms. The monoisotopic (exact) mass is 278 g/mol. The molecule has 1 aliphatic rings. The standard InChI is InChI=1S/C15H26N4O/c1-9(2)19-8-14(11(4)17-19)7-18-12(5)10(3)16-15(20)13(18)6/h8-10,12-13H,7H2,1-6H3,(H,16,20). The van der Waals surface area contributed by atoms with E-state index >= 15 is 0 Å². The van der Waals surface area contributed by atoms with Gasteiger partial charge < -0.3 is 5.32 Å². The van der Waals surface area contributed by atoms with E-state index in [2.05, 4.69) is 49.2 Å². The number of carbonyl (C=O) groups is 1. The summed E-state index contributed by atoms with van der Waals surface area (Å²) in [5.74, 6) is 0.115. The Hall–Kier alpha value is -1.36. The average Bonchev–Trinajstić information content (AvgIpc) is 2.74. The summed E-state index contributed by atoms with van der Waals surface area (Å²) in [5, 5.41) is 7.58. The third-order valence-corrected chi connectivity index (χ3v) is 4.39. The number of aryl methyl sites for hydroxylation is 1. The molecule has 0 aliphatic carbocycles. The van der Waals surface area contributed by atoms with E-state index in [9.17, 15) is 4.79 Å². The summed E-state index contributed by atoms with van der Waals surface area (Å²) in [6, 6.07) is 0.771. The first-order valence-electron chi connectivity index (χ1n) is 7.42. The Bertz CT molecular complexity index is 494. The van der Waals surface area contributed by atoms with E-state index in [4.69, 9.17) is 0 Å². The van der Waals surface area contributed by atoms with Gasteiger partial charge in [-0.25, -0.2) is 0 Å². The highest BCUT2D eigenvalue weighted by molar-refractivity contribution is 5.82. The van der Waals surface area contributed by atoms with Gasteiger partial charge in [0.05, 0.1) is 11.7 Å². The van der Waals surface area contributed by atoms with Gasteiger partial charge >= 0.3 is 0 Å². The molecule has 2 heterocycles. The molecule has 1 aliphatic heterocycles. The molecule has 0 aromatic carbocycles. The van der Waals surface area contributed by atoms with Crippen LogP contribution in [0, 0.1) is 6.92 Å². The average molecular weight is 278 g/mol. The number of aromatic nitrogens is 2. The van der Waals surface area contributed by atoms with E-state index in [-0.39, 0.29) is 18.0 Å². The maximum Gasteiger partial charge on any atom is 0.237 e. The fourth-order valence-corrected chi connectivity index (χ4v) is 2.67. The van der Waals surface area contributed by atoms with Crippen LogP contribution in [0.4, 0.5) is 0 Å². The molecule has 1 fully saturated rings. The lowest BCUT2D eigenvalue weighted by Gasteiger charge is -2.42. The highest BCUT2D eigenvalue weighted by atomic mass is 16.2. The van der Waals surface area contributed by atoms with Crippen LogP contribution in [0.2, 0.25) is 0 Å². The van der Waals surface area contributed by atoms with Crippen molar-refractivity contribution in [3.8, 4) is 0 Å². The second kappa shape index (κ2) is 5.56. The van der Waals surface area contributed by atoms with Gasteiger partial charge in [0.2, 0.25) is 5.91 Å². The summed E-state index contributed by atoms with van der Waals surface area (Å²) < 4.78 is 1.99. The molecule has 0 radical (unpaired) electrons. The van der Waals surface area contributed by atoms with Gasteiger partial charge in [0.1, 0.15) is 0 Å². The smallest absolute Gasteiger partial charge is 0.237 e. The molecule has 1 amide bonds. The van der Waals surface area contributed by atoms with Gasteiger partial charge in [0, 0.05) is 36.4 Å². The third-order valence-electron chi connectivity index (χ3n) is 4.39. The van der Waals surface area contributed by atoms with Crippen molar-refractivity contribution in [1.82, 2.24) is 20.0 Å². The third kappa shape index (κ3) is 2.73. The van der Waals surface area contributed by atoms with Crippen LogP contribution in [0.3, 0.4) is 0 Å². The van der Waals surface area contributed by atoms with Gasteiger partial charge in [0.25, 0.3) is 0 Å². The Morgan fingerprint density at radius 2 is 2.00 bits per heavy atom. The quantitative estimate of drug-likeness (QED) is 0.918. The van der Waals surface area contributed by atoms with E-state index in [1.54, 1.807) is 0 Å². The van der Waals surface area contributed by atoms with Gasteiger partial charge in [0.15, 0.2) is 0 Å². The van der Waals surface area contributed by atoms with Crippen LogP contribution in [-0.4, -0.2) is 38.7 Å². The first-order chi connectivity index (χ1) is 9.31. The van der Waals surface area contributed by atoms with E-state index in [1.165, 1.54) is 5.56 Å². The summed E-state index contributed by atoms with van der Waals surface area (Å²) in [6.45, 7) is 13.3. The Labute approximate surface area is 121 Å². The largest absolute Gasteiger partial charge is 0.351 e. The summed E-state index contributed by atoms with van der Waals surface area (Å²) in [5.41, 5.74) is 2.26. The molecule has 1 saturated heterocycles. The molecule has 0 spiro atoms. The van der Waals surface area contributed by atoms with Crippen LogP contribution in [0.25, 0.3) is 0 Å². The second-order valence-corrected chi connectivity index (χ2v) is 6.20. The minimum Gasteiger partial charge on any atom is -0.351 e. The highest BCUT2D eigenvalue weighted by Crippen LogP contribution is 2.21. The molecule has 0 saturated carbocycles. The van der Waals surface area contributed by atoms with Crippen molar-refractivity contribution in [2.24, 2.45) is 0 Å². The van der Waals surface area contributed by atoms with Crippen LogP contribution in [0.5, 0.6) is 0 Å². The number of amides is 1. The Kier molecular flexibility index (Phi) is 4.18. The zero-order chi connectivity index (χ0) is 15.0. The molecule has 3 unspecified atom stereocenters. The van der Waals surface area contributed by atoms with E-state index in [1.807, 2.05) is 18.5 Å². The molecule has 5 heteroatoms. The molecule has 3 atom stereocenters. The minimum absolute atomic E-state index is 0.0944. The van der Waals surface area contributed by atoms with Crippen molar-refractivity contribution < 1.29 is 4.79 Å². The molecule has 20 heavy (non-hydrogen) atoms. The fourth-order valence-electron chi connectivity index (χ4n) is 2.67. The Morgan fingerprint density at radius 1 is 1.35 bits per heavy atom. The zero-order valence-corrected chi connectivity index (χ0v) is 13.3. The molecule has 5 nitrogen and oxygen atoms in total. The van der Waals surface area contributed by atoms with Crippen LogP contribution in [-0.2, 0) is 11.3 Å². The van der Waals surface area contributed by atoms with Crippen molar-refractivity contribution in [3.05, 3.63) is 17.5 Å². The number of piperazine rings is 1. The fraction of sp³-hybridized carbons (Fsp3) is 0.733. The van der Waals surface area contributed by atoms with E-state index in [0.29, 0.717) is 12.1 Å². The number of nitrogens with one attached hydrogen (secondary N) is 1. The van der Waals surface area contributed by atoms with E-state index in [0.717, 1.165) is 12.2 Å². The normalized spacial score (nSPS) is 27.9. The first kappa shape index (κ1) is 15.0. The topological polar surface area (TPSA) is 50.2 Å². The van der Waals surface area contributed by atoms with Crippen LogP contribution in [0.1, 0.15) is 51.9 Å². The number of rotatable bonds is 3. The summed E-state index contributed by atoms with van der Waals surface area (Å²) in [4.78, 5) is 14.2. The van der Waals surface area contributed by atoms with Crippen molar-refractivity contribution in [2.45, 2.75) is 72.3 Å². The maximum atomic E-state index is 12.0. The SMILES string of the molecule is Cc1nn(C(C)C)cc1CN1C(C)C(=O)NC(C)C1C. The molecule has 2 rings (SSSR count). The number of hydrogen-bond acceptors (Lipinski definition) is 3. The van der Waals surface area contributed by atoms with Gasteiger partial charge in [-0.2, -0.15) is 5.10 Å². The summed E-state index contributed by atoms with van der Waals surface area (Å²) in [7, 11) is 0.